The van der Waals surface area contributed by atoms with Gasteiger partial charge in [0.05, 0.1) is 31.9 Å². The number of methoxy groups -OCH3 is 3. The number of rotatable bonds is 5. The number of oxazole rings is 1. The maximum Gasteiger partial charge on any atom is 0.355 e. The Morgan fingerprint density at radius 1 is 1.00 bits per heavy atom. The zero-order valence-electron chi connectivity index (χ0n) is 18.0. The van der Waals surface area contributed by atoms with Crippen molar-refractivity contribution < 1.29 is 28.2 Å². The lowest BCUT2D eigenvalue weighted by Crippen LogP contribution is -2.26. The van der Waals surface area contributed by atoms with Gasteiger partial charge >= 0.3 is 11.9 Å². The number of anilines is 1. The van der Waals surface area contributed by atoms with E-state index >= 15 is 0 Å². The topological polar surface area (TPSA) is 91.1 Å². The van der Waals surface area contributed by atoms with Gasteiger partial charge in [-0.05, 0) is 48.6 Å². The molecule has 2 aromatic carbocycles. The lowest BCUT2D eigenvalue weighted by atomic mass is 10.1. The monoisotopic (exact) mass is 466 g/mol. The van der Waals surface area contributed by atoms with Gasteiger partial charge in [0.25, 0.3) is 0 Å². The van der Waals surface area contributed by atoms with E-state index in [4.69, 9.17) is 30.2 Å². The van der Waals surface area contributed by atoms with Gasteiger partial charge < -0.3 is 23.5 Å². The Hall–Kier alpha value is -4.04. The highest BCUT2D eigenvalue weighted by Crippen LogP contribution is 2.33. The van der Waals surface area contributed by atoms with E-state index in [0.717, 1.165) is 0 Å². The summed E-state index contributed by atoms with van der Waals surface area (Å²) in [7, 11) is 4.03. The van der Waals surface area contributed by atoms with Gasteiger partial charge in [0.1, 0.15) is 17.0 Å². The van der Waals surface area contributed by atoms with Gasteiger partial charge in [-0.1, -0.05) is 17.7 Å². The van der Waals surface area contributed by atoms with E-state index in [9.17, 15) is 9.59 Å². The van der Waals surface area contributed by atoms with Crippen molar-refractivity contribution in [3.63, 3.8) is 0 Å². The van der Waals surface area contributed by atoms with E-state index in [1.54, 1.807) is 54.8 Å². The van der Waals surface area contributed by atoms with Gasteiger partial charge in [-0.25, -0.2) is 14.6 Å². The lowest BCUT2D eigenvalue weighted by molar-refractivity contribution is -0.139. The highest BCUT2D eigenvalue weighted by atomic mass is 35.5. The van der Waals surface area contributed by atoms with Crippen molar-refractivity contribution in [3.05, 3.63) is 77.1 Å². The van der Waals surface area contributed by atoms with Crippen molar-refractivity contribution in [3.8, 4) is 17.2 Å². The second-order valence-electron chi connectivity index (χ2n) is 6.84. The van der Waals surface area contributed by atoms with E-state index in [2.05, 4.69) is 4.98 Å². The molecule has 2 heterocycles. The summed E-state index contributed by atoms with van der Waals surface area (Å²) < 4.78 is 20.8. The third-order valence-electron chi connectivity index (χ3n) is 4.94. The van der Waals surface area contributed by atoms with Crippen LogP contribution in [-0.2, 0) is 19.1 Å². The molecule has 0 radical (unpaired) electrons. The van der Waals surface area contributed by atoms with Gasteiger partial charge in [0.2, 0.25) is 5.89 Å². The Kier molecular flexibility index (Phi) is 6.19. The predicted molar refractivity (Wildman–Crippen MR) is 123 cm³/mol. The smallest absolute Gasteiger partial charge is 0.355 e. The van der Waals surface area contributed by atoms with Crippen molar-refractivity contribution in [2.45, 2.75) is 0 Å². The number of carbonyl (C=O) groups excluding carboxylic acids is 2. The first kappa shape index (κ1) is 22.2. The molecule has 9 heteroatoms. The fraction of sp³-hybridized carbons (Fsp3) is 0.125. The molecule has 1 aliphatic heterocycles. The molecule has 0 fully saturated rings. The van der Waals surface area contributed by atoms with Crippen LogP contribution in [0.5, 0.6) is 5.75 Å². The van der Waals surface area contributed by atoms with Crippen LogP contribution < -0.4 is 9.64 Å². The second-order valence-corrected chi connectivity index (χ2v) is 7.24. The highest BCUT2D eigenvalue weighted by molar-refractivity contribution is 6.32. The molecule has 168 valence electrons. The minimum Gasteiger partial charge on any atom is -0.495 e. The van der Waals surface area contributed by atoms with Gasteiger partial charge in [0, 0.05) is 17.5 Å². The summed E-state index contributed by atoms with van der Waals surface area (Å²) >= 11 is 6.23. The number of benzene rings is 2. The Bertz CT molecular complexity index is 1340. The zero-order valence-corrected chi connectivity index (χ0v) is 18.8. The maximum atomic E-state index is 12.6. The molecule has 8 nitrogen and oxygen atoms in total. The average Bonchev–Trinajstić information content (AvgIpc) is 3.14. The van der Waals surface area contributed by atoms with Crippen LogP contribution in [0.3, 0.4) is 0 Å². The molecule has 4 rings (SSSR count). The highest BCUT2D eigenvalue weighted by Gasteiger charge is 2.27. The van der Waals surface area contributed by atoms with E-state index in [1.807, 2.05) is 0 Å². The van der Waals surface area contributed by atoms with E-state index in [1.165, 1.54) is 32.3 Å². The number of hydrogen-bond acceptors (Lipinski definition) is 8. The number of carbonyl (C=O) groups is 2. The molecule has 0 bridgehead atoms. The number of nitrogens with zero attached hydrogens (tertiary/aromatic N) is 2. The van der Waals surface area contributed by atoms with Crippen molar-refractivity contribution in [2.75, 3.05) is 26.2 Å². The Morgan fingerprint density at radius 3 is 2.48 bits per heavy atom. The molecule has 0 aliphatic carbocycles. The number of hydrogen-bond donors (Lipinski definition) is 0. The molecule has 0 saturated carbocycles. The van der Waals surface area contributed by atoms with Crippen LogP contribution in [0.15, 0.2) is 76.5 Å². The van der Waals surface area contributed by atoms with Crippen LogP contribution in [0, 0.1) is 0 Å². The van der Waals surface area contributed by atoms with E-state index in [0.29, 0.717) is 39.0 Å². The second kappa shape index (κ2) is 9.22. The number of halogens is 1. The van der Waals surface area contributed by atoms with E-state index in [-0.39, 0.29) is 11.3 Å². The number of aromatic nitrogens is 1. The standard InChI is InChI=1S/C24H19ClN2O6/c1-30-19-9-7-14(12-17(19)25)22-26-18-13-15(8-10-20(18)33-22)27-11-5-4-6-16(23(28)31-2)21(27)24(29)32-3/h4-13H,1-3H3. The minimum atomic E-state index is -0.694. The summed E-state index contributed by atoms with van der Waals surface area (Å²) in [5, 5.41) is 0.434. The molecule has 0 spiro atoms. The first-order chi connectivity index (χ1) is 16.0. The maximum absolute atomic E-state index is 12.6. The Morgan fingerprint density at radius 2 is 1.79 bits per heavy atom. The van der Waals surface area contributed by atoms with Crippen molar-refractivity contribution >= 4 is 40.3 Å². The summed E-state index contributed by atoms with van der Waals surface area (Å²) in [5.74, 6) is -0.440. The molecule has 33 heavy (non-hydrogen) atoms. The molecular weight excluding hydrogens is 448 g/mol. The number of allylic oxidation sites excluding steroid dienone is 2. The van der Waals surface area contributed by atoms with Crippen LogP contribution in [-0.4, -0.2) is 38.3 Å². The largest absolute Gasteiger partial charge is 0.495 e. The number of esters is 2. The van der Waals surface area contributed by atoms with Crippen molar-refractivity contribution in [1.82, 2.24) is 4.98 Å². The van der Waals surface area contributed by atoms with Crippen molar-refractivity contribution in [2.24, 2.45) is 0 Å². The first-order valence-corrected chi connectivity index (χ1v) is 10.1. The first-order valence-electron chi connectivity index (χ1n) is 9.76. The van der Waals surface area contributed by atoms with Crippen LogP contribution in [0.25, 0.3) is 22.6 Å². The SMILES string of the molecule is COC(=O)C1=C(C(=O)OC)N(c2ccc3oc(-c4ccc(OC)c(Cl)c4)nc3c2)C=CC=C1. The summed E-state index contributed by atoms with van der Waals surface area (Å²) in [6, 6.07) is 10.4. The molecule has 0 amide bonds. The fourth-order valence-electron chi connectivity index (χ4n) is 3.35. The molecular formula is C24H19ClN2O6. The predicted octanol–water partition coefficient (Wildman–Crippen LogP) is 4.65. The quantitative estimate of drug-likeness (QED) is 0.502. The van der Waals surface area contributed by atoms with Gasteiger partial charge in [-0.15, -0.1) is 0 Å². The number of fused-ring (bicyclic) bond motifs is 1. The summed E-state index contributed by atoms with van der Waals surface area (Å²) in [6.45, 7) is 0. The van der Waals surface area contributed by atoms with Gasteiger partial charge in [-0.3, -0.25) is 0 Å². The fourth-order valence-corrected chi connectivity index (χ4v) is 3.61. The Balaban J connectivity index is 1.80. The molecule has 0 N–H and O–H groups in total. The van der Waals surface area contributed by atoms with Crippen LogP contribution in [0.1, 0.15) is 0 Å². The average molecular weight is 467 g/mol. The lowest BCUT2D eigenvalue weighted by Gasteiger charge is -2.22. The molecule has 0 unspecified atom stereocenters. The Labute approximate surface area is 194 Å². The van der Waals surface area contributed by atoms with Gasteiger partial charge in [0.15, 0.2) is 5.58 Å². The molecule has 1 aromatic heterocycles. The molecule has 3 aromatic rings. The van der Waals surface area contributed by atoms with Crippen molar-refractivity contribution in [1.29, 1.82) is 0 Å². The third kappa shape index (κ3) is 4.20. The van der Waals surface area contributed by atoms with Crippen LogP contribution >= 0.6 is 11.6 Å². The van der Waals surface area contributed by atoms with Gasteiger partial charge in [-0.2, -0.15) is 0 Å². The molecule has 0 atom stereocenters. The summed E-state index contributed by atoms with van der Waals surface area (Å²) in [5.41, 5.74) is 2.40. The zero-order chi connectivity index (χ0) is 23.5. The minimum absolute atomic E-state index is 0.0133. The normalized spacial score (nSPS) is 13.3. The summed E-state index contributed by atoms with van der Waals surface area (Å²) in [4.78, 5) is 31.0. The van der Waals surface area contributed by atoms with Crippen LogP contribution in [0.4, 0.5) is 5.69 Å². The molecule has 0 saturated heterocycles. The summed E-state index contributed by atoms with van der Waals surface area (Å²) in [6.07, 6.45) is 6.46. The third-order valence-corrected chi connectivity index (χ3v) is 5.23. The van der Waals surface area contributed by atoms with E-state index < -0.39 is 11.9 Å². The number of ether oxygens (including phenoxy) is 3. The molecule has 1 aliphatic rings. The van der Waals surface area contributed by atoms with Crippen LogP contribution in [0.2, 0.25) is 5.02 Å².